The molecule has 0 amide bonds. The van der Waals surface area contributed by atoms with Crippen molar-refractivity contribution in [1.82, 2.24) is 9.78 Å². The highest BCUT2D eigenvalue weighted by Gasteiger charge is 2.20. The van der Waals surface area contributed by atoms with Crippen LogP contribution in [0.4, 0.5) is 5.82 Å². The summed E-state index contributed by atoms with van der Waals surface area (Å²) in [6, 6.07) is 9.73. The fourth-order valence-corrected chi connectivity index (χ4v) is 2.48. The van der Waals surface area contributed by atoms with Crippen molar-refractivity contribution in [3.05, 3.63) is 46.7 Å². The van der Waals surface area contributed by atoms with E-state index in [2.05, 4.69) is 31.1 Å². The quantitative estimate of drug-likeness (QED) is 0.771. The van der Waals surface area contributed by atoms with Crippen molar-refractivity contribution >= 4 is 17.4 Å². The Morgan fingerprint density at radius 2 is 1.90 bits per heavy atom. The molecule has 0 fully saturated rings. The Morgan fingerprint density at radius 3 is 2.52 bits per heavy atom. The van der Waals surface area contributed by atoms with Gasteiger partial charge in [0.2, 0.25) is 0 Å². The molecule has 3 aromatic rings. The summed E-state index contributed by atoms with van der Waals surface area (Å²) in [5.41, 5.74) is 11.2. The van der Waals surface area contributed by atoms with Crippen molar-refractivity contribution in [2.75, 3.05) is 5.73 Å². The van der Waals surface area contributed by atoms with Gasteiger partial charge in [0.05, 0.1) is 5.56 Å². The Morgan fingerprint density at radius 1 is 1.14 bits per heavy atom. The fourth-order valence-electron chi connectivity index (χ4n) is 2.33. The SMILES string of the molecule is Cc1ccc(-c2c(-c3ccc(Cl)o3)nn(C)c2N)cc1C. The van der Waals surface area contributed by atoms with Gasteiger partial charge in [0, 0.05) is 7.05 Å². The summed E-state index contributed by atoms with van der Waals surface area (Å²) in [6.07, 6.45) is 0. The van der Waals surface area contributed by atoms with Gasteiger partial charge < -0.3 is 10.2 Å². The first-order valence-corrected chi connectivity index (χ1v) is 7.01. The van der Waals surface area contributed by atoms with Crippen LogP contribution in [-0.2, 0) is 7.05 Å². The minimum absolute atomic E-state index is 0.334. The molecule has 2 N–H and O–H groups in total. The third-order valence-corrected chi connectivity index (χ3v) is 3.90. The average molecular weight is 302 g/mol. The van der Waals surface area contributed by atoms with E-state index < -0.39 is 0 Å². The molecule has 3 rings (SSSR count). The highest BCUT2D eigenvalue weighted by atomic mass is 35.5. The molecule has 0 aliphatic heterocycles. The van der Waals surface area contributed by atoms with Crippen molar-refractivity contribution in [2.45, 2.75) is 13.8 Å². The van der Waals surface area contributed by atoms with Gasteiger partial charge in [0.1, 0.15) is 11.5 Å². The molecule has 108 valence electrons. The summed E-state index contributed by atoms with van der Waals surface area (Å²) in [7, 11) is 1.81. The molecule has 0 saturated heterocycles. The van der Waals surface area contributed by atoms with E-state index in [9.17, 15) is 0 Å². The third kappa shape index (κ3) is 2.32. The minimum atomic E-state index is 0.334. The summed E-state index contributed by atoms with van der Waals surface area (Å²) in [5.74, 6) is 1.21. The zero-order chi connectivity index (χ0) is 15.1. The molecule has 0 atom stereocenters. The van der Waals surface area contributed by atoms with Crippen LogP contribution in [0.25, 0.3) is 22.6 Å². The van der Waals surface area contributed by atoms with Crippen LogP contribution < -0.4 is 5.73 Å². The smallest absolute Gasteiger partial charge is 0.194 e. The Bertz CT molecular complexity index is 817. The molecule has 0 spiro atoms. The highest BCUT2D eigenvalue weighted by Crippen LogP contribution is 2.37. The van der Waals surface area contributed by atoms with E-state index in [0.29, 0.717) is 22.5 Å². The second kappa shape index (κ2) is 4.97. The first-order chi connectivity index (χ1) is 9.97. The molecule has 0 saturated carbocycles. The number of nitrogens with two attached hydrogens (primary N) is 1. The van der Waals surface area contributed by atoms with Gasteiger partial charge in [-0.3, -0.25) is 4.68 Å². The number of benzene rings is 1. The predicted octanol–water partition coefficient (Wildman–Crippen LogP) is 4.20. The van der Waals surface area contributed by atoms with Crippen molar-refractivity contribution in [1.29, 1.82) is 0 Å². The normalized spacial score (nSPS) is 11.0. The second-order valence-electron chi connectivity index (χ2n) is 5.14. The number of hydrogen-bond acceptors (Lipinski definition) is 3. The lowest BCUT2D eigenvalue weighted by atomic mass is 9.99. The van der Waals surface area contributed by atoms with Crippen LogP contribution in [0.1, 0.15) is 11.1 Å². The molecule has 4 nitrogen and oxygen atoms in total. The largest absolute Gasteiger partial charge is 0.443 e. The topological polar surface area (TPSA) is 57.0 Å². The highest BCUT2D eigenvalue weighted by molar-refractivity contribution is 6.29. The van der Waals surface area contributed by atoms with Crippen molar-refractivity contribution in [3.63, 3.8) is 0 Å². The molecular weight excluding hydrogens is 286 g/mol. The summed E-state index contributed by atoms with van der Waals surface area (Å²) in [6.45, 7) is 4.16. The summed E-state index contributed by atoms with van der Waals surface area (Å²) < 4.78 is 7.14. The molecule has 0 aliphatic rings. The molecule has 0 unspecified atom stereocenters. The van der Waals surface area contributed by atoms with Crippen LogP contribution in [0, 0.1) is 13.8 Å². The number of nitrogen functional groups attached to an aromatic ring is 1. The molecule has 5 heteroatoms. The lowest BCUT2D eigenvalue weighted by molar-refractivity contribution is 0.580. The maximum atomic E-state index is 6.19. The summed E-state index contributed by atoms with van der Waals surface area (Å²) in [4.78, 5) is 0. The number of nitrogens with zero attached hydrogens (tertiary/aromatic N) is 2. The van der Waals surface area contributed by atoms with E-state index in [1.54, 1.807) is 16.8 Å². The second-order valence-corrected chi connectivity index (χ2v) is 5.51. The zero-order valence-electron chi connectivity index (χ0n) is 12.1. The van der Waals surface area contributed by atoms with Crippen LogP contribution in [0.3, 0.4) is 0 Å². The van der Waals surface area contributed by atoms with Gasteiger partial charge in [0.25, 0.3) is 0 Å². The Kier molecular flexibility index (Phi) is 3.26. The molecule has 0 radical (unpaired) electrons. The van der Waals surface area contributed by atoms with E-state index in [-0.39, 0.29) is 0 Å². The first-order valence-electron chi connectivity index (χ1n) is 6.63. The average Bonchev–Trinajstić information content (AvgIpc) is 2.99. The van der Waals surface area contributed by atoms with Crippen LogP contribution in [-0.4, -0.2) is 9.78 Å². The number of aryl methyl sites for hydroxylation is 3. The van der Waals surface area contributed by atoms with Crippen molar-refractivity contribution < 1.29 is 4.42 Å². The summed E-state index contributed by atoms with van der Waals surface area (Å²) >= 11 is 5.87. The Balaban J connectivity index is 2.24. The lowest BCUT2D eigenvalue weighted by Crippen LogP contribution is -1.98. The van der Waals surface area contributed by atoms with Crippen LogP contribution in [0.5, 0.6) is 0 Å². The van der Waals surface area contributed by atoms with E-state index in [4.69, 9.17) is 21.8 Å². The molecule has 0 aliphatic carbocycles. The Hall–Kier alpha value is -2.20. The summed E-state index contributed by atoms with van der Waals surface area (Å²) in [5, 5.41) is 4.80. The van der Waals surface area contributed by atoms with E-state index in [0.717, 1.165) is 11.1 Å². The minimum Gasteiger partial charge on any atom is -0.443 e. The van der Waals surface area contributed by atoms with Gasteiger partial charge in [0.15, 0.2) is 11.0 Å². The van der Waals surface area contributed by atoms with Gasteiger partial charge in [-0.25, -0.2) is 0 Å². The van der Waals surface area contributed by atoms with Gasteiger partial charge in [-0.15, -0.1) is 0 Å². The van der Waals surface area contributed by atoms with E-state index in [1.165, 1.54) is 11.1 Å². The van der Waals surface area contributed by atoms with Gasteiger partial charge in [-0.1, -0.05) is 18.2 Å². The van der Waals surface area contributed by atoms with Crippen molar-refractivity contribution in [3.8, 4) is 22.6 Å². The lowest BCUT2D eigenvalue weighted by Gasteiger charge is -2.06. The molecule has 2 heterocycles. The van der Waals surface area contributed by atoms with Crippen molar-refractivity contribution in [2.24, 2.45) is 7.05 Å². The molecular formula is C16H16ClN3O. The van der Waals surface area contributed by atoms with Crippen LogP contribution in [0.2, 0.25) is 5.22 Å². The van der Waals surface area contributed by atoms with E-state index in [1.807, 2.05) is 13.1 Å². The number of hydrogen-bond donors (Lipinski definition) is 1. The van der Waals surface area contributed by atoms with Crippen LogP contribution >= 0.6 is 11.6 Å². The molecule has 0 bridgehead atoms. The number of halogens is 1. The maximum Gasteiger partial charge on any atom is 0.194 e. The standard InChI is InChI=1S/C16H16ClN3O/c1-9-4-5-11(8-10(9)2)14-15(19-20(3)16(14)18)12-6-7-13(17)21-12/h4-8H,18H2,1-3H3. The molecule has 21 heavy (non-hydrogen) atoms. The molecule has 2 aromatic heterocycles. The number of rotatable bonds is 2. The van der Waals surface area contributed by atoms with Gasteiger partial charge in [-0.05, 0) is 54.3 Å². The number of anilines is 1. The Labute approximate surface area is 128 Å². The predicted molar refractivity (Wildman–Crippen MR) is 85.2 cm³/mol. The maximum absolute atomic E-state index is 6.19. The van der Waals surface area contributed by atoms with Gasteiger partial charge in [-0.2, -0.15) is 5.10 Å². The zero-order valence-corrected chi connectivity index (χ0v) is 12.9. The molecule has 1 aromatic carbocycles. The third-order valence-electron chi connectivity index (χ3n) is 3.69. The monoisotopic (exact) mass is 301 g/mol. The van der Waals surface area contributed by atoms with Crippen LogP contribution in [0.15, 0.2) is 34.7 Å². The fraction of sp³-hybridized carbons (Fsp3) is 0.188. The number of furan rings is 1. The first kappa shape index (κ1) is 13.8. The van der Waals surface area contributed by atoms with Gasteiger partial charge >= 0.3 is 0 Å². The number of aromatic nitrogens is 2. The van der Waals surface area contributed by atoms with E-state index >= 15 is 0 Å².